The number of allylic oxidation sites excluding steroid dienone is 1. The van der Waals surface area contributed by atoms with Crippen LogP contribution in [0.1, 0.15) is 78.6 Å². The summed E-state index contributed by atoms with van der Waals surface area (Å²) >= 11 is 0. The number of hydrogen-bond donors (Lipinski definition) is 0. The molecule has 0 unspecified atom stereocenters. The molecule has 2 heteroatoms. The summed E-state index contributed by atoms with van der Waals surface area (Å²) in [5.41, 5.74) is 2.72. The molecule has 2 nitrogen and oxygen atoms in total. The summed E-state index contributed by atoms with van der Waals surface area (Å²) in [7, 11) is 0. The number of ether oxygens (including phenoxy) is 1. The summed E-state index contributed by atoms with van der Waals surface area (Å²) in [4.78, 5) is 11.4. The predicted octanol–water partition coefficient (Wildman–Crippen LogP) is 5.52. The Morgan fingerprint density at radius 1 is 1.17 bits per heavy atom. The molecule has 1 spiro atoms. The van der Waals surface area contributed by atoms with E-state index in [1.54, 1.807) is 12.5 Å². The highest BCUT2D eigenvalue weighted by atomic mass is 16.5. The van der Waals surface area contributed by atoms with Crippen molar-refractivity contribution < 1.29 is 9.53 Å². The maximum Gasteiger partial charge on any atom is 0.302 e. The Kier molecular flexibility index (Phi) is 3.72. The third-order valence-corrected chi connectivity index (χ3v) is 8.79. The van der Waals surface area contributed by atoms with Gasteiger partial charge in [0.2, 0.25) is 0 Å². The van der Waals surface area contributed by atoms with E-state index in [0.717, 1.165) is 11.8 Å². The molecule has 2 bridgehead atoms. The van der Waals surface area contributed by atoms with Gasteiger partial charge < -0.3 is 4.74 Å². The fourth-order valence-electron chi connectivity index (χ4n) is 7.93. The summed E-state index contributed by atoms with van der Waals surface area (Å²) in [6.07, 6.45) is 12.1. The van der Waals surface area contributed by atoms with E-state index in [0.29, 0.717) is 23.4 Å². The summed E-state index contributed by atoms with van der Waals surface area (Å²) in [5, 5.41) is 0. The molecule has 4 aliphatic carbocycles. The Bertz CT molecular complexity index is 566. The van der Waals surface area contributed by atoms with Crippen LogP contribution in [0.2, 0.25) is 0 Å². The van der Waals surface area contributed by atoms with Gasteiger partial charge in [-0.3, -0.25) is 4.79 Å². The number of carbonyl (C=O) groups is 1. The molecule has 0 saturated heterocycles. The fraction of sp³-hybridized carbons (Fsp3) is 0.864. The number of esters is 1. The van der Waals surface area contributed by atoms with Gasteiger partial charge in [-0.2, -0.15) is 0 Å². The molecule has 0 amide bonds. The van der Waals surface area contributed by atoms with Crippen LogP contribution >= 0.6 is 0 Å². The Hall–Kier alpha value is -0.790. The predicted molar refractivity (Wildman–Crippen MR) is 96.4 cm³/mol. The maximum absolute atomic E-state index is 11.4. The lowest BCUT2D eigenvalue weighted by atomic mass is 9.41. The van der Waals surface area contributed by atoms with E-state index in [1.807, 2.05) is 0 Å². The lowest BCUT2D eigenvalue weighted by Gasteiger charge is -2.64. The molecule has 6 atom stereocenters. The van der Waals surface area contributed by atoms with Gasteiger partial charge in [0.15, 0.2) is 0 Å². The molecule has 0 aromatic heterocycles. The van der Waals surface area contributed by atoms with E-state index < -0.39 is 0 Å². The van der Waals surface area contributed by atoms with Gasteiger partial charge in [-0.05, 0) is 80.0 Å². The van der Waals surface area contributed by atoms with E-state index in [-0.39, 0.29) is 11.4 Å². The third-order valence-electron chi connectivity index (χ3n) is 8.79. The standard InChI is InChI=1S/C22H34O2/c1-15-12-22-11-8-18-20(3,14-24-16(2)23)9-5-10-21(18,4)19(22)7-6-17(15)13-22/h17-19H,1,5-14H2,2-4H3/t17-,18+,19+,20-,21-,22-/m1/s1. The molecule has 0 aromatic rings. The van der Waals surface area contributed by atoms with Gasteiger partial charge >= 0.3 is 5.97 Å². The van der Waals surface area contributed by atoms with E-state index in [9.17, 15) is 4.79 Å². The lowest BCUT2D eigenvalue weighted by Crippen LogP contribution is -2.57. The number of fused-ring (bicyclic) bond motifs is 3. The average Bonchev–Trinajstić information content (AvgIpc) is 2.74. The van der Waals surface area contributed by atoms with Gasteiger partial charge in [-0.1, -0.05) is 32.4 Å². The summed E-state index contributed by atoms with van der Waals surface area (Å²) in [6, 6.07) is 0. The zero-order valence-corrected chi connectivity index (χ0v) is 15.8. The highest BCUT2D eigenvalue weighted by Gasteiger charge is 2.63. The Morgan fingerprint density at radius 2 is 1.96 bits per heavy atom. The molecule has 0 aliphatic heterocycles. The van der Waals surface area contributed by atoms with E-state index >= 15 is 0 Å². The van der Waals surface area contributed by atoms with Crippen LogP contribution in [0.3, 0.4) is 0 Å². The van der Waals surface area contributed by atoms with Crippen LogP contribution in [0.4, 0.5) is 0 Å². The van der Waals surface area contributed by atoms with Gasteiger partial charge in [-0.25, -0.2) is 0 Å². The minimum absolute atomic E-state index is 0.122. The zero-order valence-electron chi connectivity index (χ0n) is 15.8. The largest absolute Gasteiger partial charge is 0.465 e. The van der Waals surface area contributed by atoms with Crippen molar-refractivity contribution in [3.8, 4) is 0 Å². The van der Waals surface area contributed by atoms with Gasteiger partial charge in [0.05, 0.1) is 6.61 Å². The number of hydrogen-bond acceptors (Lipinski definition) is 2. The SMILES string of the molecule is C=C1C[C@@]23CC[C@H]4[C@@](C)(COC(C)=O)CCC[C@@]4(C)[C@@H]2CC[C@@H]1C3. The first-order valence-electron chi connectivity index (χ1n) is 10.1. The molecule has 4 fully saturated rings. The first-order valence-corrected chi connectivity index (χ1v) is 10.1. The molecule has 0 aromatic carbocycles. The second-order valence-electron chi connectivity index (χ2n) is 10.1. The number of rotatable bonds is 2. The fourth-order valence-corrected chi connectivity index (χ4v) is 7.93. The monoisotopic (exact) mass is 330 g/mol. The summed E-state index contributed by atoms with van der Waals surface area (Å²) in [5.74, 6) is 2.26. The molecule has 4 rings (SSSR count). The molecule has 0 heterocycles. The molecule has 134 valence electrons. The van der Waals surface area contributed by atoms with Crippen LogP contribution < -0.4 is 0 Å². The van der Waals surface area contributed by atoms with Crippen molar-refractivity contribution >= 4 is 5.97 Å². The Balaban J connectivity index is 1.64. The van der Waals surface area contributed by atoms with Gasteiger partial charge in [0.1, 0.15) is 0 Å². The zero-order chi connectivity index (χ0) is 17.2. The molecule has 4 aliphatic rings. The summed E-state index contributed by atoms with van der Waals surface area (Å²) in [6.45, 7) is 11.6. The molecule has 0 radical (unpaired) electrons. The average molecular weight is 331 g/mol. The second kappa shape index (κ2) is 5.35. The number of carbonyl (C=O) groups excluding carboxylic acids is 1. The van der Waals surface area contributed by atoms with Crippen molar-refractivity contribution in [3.63, 3.8) is 0 Å². The maximum atomic E-state index is 11.4. The third kappa shape index (κ3) is 2.24. The first kappa shape index (κ1) is 16.7. The van der Waals surface area contributed by atoms with Crippen LogP contribution in [0, 0.1) is 34.0 Å². The smallest absolute Gasteiger partial charge is 0.302 e. The van der Waals surface area contributed by atoms with Gasteiger partial charge in [0.25, 0.3) is 0 Å². The summed E-state index contributed by atoms with van der Waals surface area (Å²) < 4.78 is 5.54. The van der Waals surface area contributed by atoms with Crippen LogP contribution in [0.15, 0.2) is 12.2 Å². The molecule has 4 saturated carbocycles. The lowest BCUT2D eigenvalue weighted by molar-refractivity contribution is -0.172. The van der Waals surface area contributed by atoms with Crippen LogP contribution in [0.5, 0.6) is 0 Å². The normalized spacial score (nSPS) is 50.1. The van der Waals surface area contributed by atoms with Crippen LogP contribution in [-0.2, 0) is 9.53 Å². The first-order chi connectivity index (χ1) is 11.3. The quantitative estimate of drug-likeness (QED) is 0.492. The van der Waals surface area contributed by atoms with Gasteiger partial charge in [0, 0.05) is 12.3 Å². The minimum atomic E-state index is -0.122. The van der Waals surface area contributed by atoms with Crippen molar-refractivity contribution in [3.05, 3.63) is 12.2 Å². The van der Waals surface area contributed by atoms with Crippen LogP contribution in [-0.4, -0.2) is 12.6 Å². The van der Waals surface area contributed by atoms with E-state index in [2.05, 4.69) is 20.4 Å². The van der Waals surface area contributed by atoms with Crippen LogP contribution in [0.25, 0.3) is 0 Å². The Morgan fingerprint density at radius 3 is 2.71 bits per heavy atom. The van der Waals surface area contributed by atoms with Crippen molar-refractivity contribution in [2.45, 2.75) is 78.6 Å². The minimum Gasteiger partial charge on any atom is -0.465 e. The van der Waals surface area contributed by atoms with Crippen molar-refractivity contribution in [1.82, 2.24) is 0 Å². The second-order valence-corrected chi connectivity index (χ2v) is 10.1. The van der Waals surface area contributed by atoms with E-state index in [4.69, 9.17) is 4.74 Å². The highest BCUT2D eigenvalue weighted by molar-refractivity contribution is 5.65. The molecular weight excluding hydrogens is 296 g/mol. The topological polar surface area (TPSA) is 26.3 Å². The van der Waals surface area contributed by atoms with Crippen molar-refractivity contribution in [2.24, 2.45) is 34.0 Å². The van der Waals surface area contributed by atoms with Crippen molar-refractivity contribution in [2.75, 3.05) is 6.61 Å². The highest BCUT2D eigenvalue weighted by Crippen LogP contribution is 2.72. The molecule has 24 heavy (non-hydrogen) atoms. The molecular formula is C22H34O2. The van der Waals surface area contributed by atoms with E-state index in [1.165, 1.54) is 57.8 Å². The van der Waals surface area contributed by atoms with Gasteiger partial charge in [-0.15, -0.1) is 0 Å². The van der Waals surface area contributed by atoms with Crippen molar-refractivity contribution in [1.29, 1.82) is 0 Å². The molecule has 0 N–H and O–H groups in total. The Labute approximate surface area is 147 Å².